The molecule has 0 aromatic rings. The maximum absolute atomic E-state index is 14.6. The molecule has 0 aromatic carbocycles. The molecule has 5 rings (SSSR count). The first-order valence-corrected chi connectivity index (χ1v) is 18.8. The Morgan fingerprint density at radius 1 is 0.939 bits per heavy atom. The van der Waals surface area contributed by atoms with Gasteiger partial charge in [-0.2, -0.15) is 21.6 Å². The molecule has 49 heavy (non-hydrogen) atoms. The molecule has 276 valence electrons. The number of hydrogen-bond acceptors (Lipinski definition) is 7. The maximum Gasteiger partial charge on any atom is 0.516 e. The van der Waals surface area contributed by atoms with Crippen molar-refractivity contribution in [2.45, 2.75) is 136 Å². The van der Waals surface area contributed by atoms with E-state index >= 15 is 0 Å². The van der Waals surface area contributed by atoms with Crippen molar-refractivity contribution in [1.82, 2.24) is 10.0 Å². The second kappa shape index (κ2) is 11.7. The second-order valence-electron chi connectivity index (χ2n) is 17.5. The van der Waals surface area contributed by atoms with Gasteiger partial charge in [-0.05, 0) is 104 Å². The van der Waals surface area contributed by atoms with Gasteiger partial charge in [0.15, 0.2) is 5.78 Å². The average Bonchev–Trinajstić information content (AvgIpc) is 2.94. The minimum absolute atomic E-state index is 0.0494. The zero-order chi connectivity index (χ0) is 36.8. The summed E-state index contributed by atoms with van der Waals surface area (Å²) in [5.74, 6) is -1.94. The summed E-state index contributed by atoms with van der Waals surface area (Å²) in [5.41, 5.74) is -7.48. The number of urea groups is 1. The lowest BCUT2D eigenvalue weighted by Crippen LogP contribution is -2.67. The molecular formula is C35H51F3N2O8S. The molecule has 4 fully saturated rings. The fourth-order valence-electron chi connectivity index (χ4n) is 11.4. The number of fused-ring (bicyclic) bond motifs is 7. The minimum atomic E-state index is -5.87. The summed E-state index contributed by atoms with van der Waals surface area (Å²) in [5, 5.41) is 11.5. The first-order chi connectivity index (χ1) is 22.2. The number of esters is 1. The van der Waals surface area contributed by atoms with Crippen LogP contribution in [0.15, 0.2) is 11.6 Å². The molecule has 5 aliphatic carbocycles. The van der Waals surface area contributed by atoms with Gasteiger partial charge in [-0.3, -0.25) is 14.4 Å². The van der Waals surface area contributed by atoms with E-state index in [1.165, 1.54) is 0 Å². The summed E-state index contributed by atoms with van der Waals surface area (Å²) >= 11 is 0. The van der Waals surface area contributed by atoms with Crippen LogP contribution >= 0.6 is 0 Å². The number of allylic oxidation sites excluding steroid dienone is 2. The number of rotatable bonds is 6. The monoisotopic (exact) mass is 716 g/mol. The van der Waals surface area contributed by atoms with Gasteiger partial charge in [0, 0.05) is 16.9 Å². The van der Waals surface area contributed by atoms with E-state index in [0.29, 0.717) is 32.1 Å². The van der Waals surface area contributed by atoms with Gasteiger partial charge in [0.1, 0.15) is 6.10 Å². The quantitative estimate of drug-likeness (QED) is 0.258. The van der Waals surface area contributed by atoms with Crippen LogP contribution in [0.1, 0.15) is 119 Å². The number of aliphatic carboxylic acids is 1. The summed E-state index contributed by atoms with van der Waals surface area (Å²) in [4.78, 5) is 50.8. The van der Waals surface area contributed by atoms with Gasteiger partial charge >= 0.3 is 33.5 Å². The fraction of sp³-hybridized carbons (Fsp3) is 0.829. The van der Waals surface area contributed by atoms with E-state index in [4.69, 9.17) is 9.84 Å². The molecule has 0 unspecified atom stereocenters. The lowest BCUT2D eigenvalue weighted by Gasteiger charge is -2.70. The Morgan fingerprint density at radius 3 is 2.18 bits per heavy atom. The van der Waals surface area contributed by atoms with Crippen LogP contribution in [0.3, 0.4) is 0 Å². The lowest BCUT2D eigenvalue weighted by atomic mass is 9.33. The van der Waals surface area contributed by atoms with E-state index < -0.39 is 61.4 Å². The fourth-order valence-corrected chi connectivity index (χ4v) is 11.8. The number of ether oxygens (including phenoxy) is 1. The standard InChI is InChI=1S/C35H51F3N2O8S/c1-29(2)23-10-13-34(7)27(32(23,5)12-11-24(29)48-26(44)9-8-25(42)43)22(41)18-20-21-19-31(4,16-14-30(21,3)15-17-33(20,34)6)39-28(45)40-49(46,47)35(36,37)38/h18,21,23-24,27H,8-17,19H2,1-7H3,(H,42,43)(H2,39,40,45)/t21-,23-,24-,27+,30+,31-,32-,33+,34+/m0/s1. The summed E-state index contributed by atoms with van der Waals surface area (Å²) in [6.45, 7) is 14.7. The van der Waals surface area contributed by atoms with Crippen LogP contribution in [0.25, 0.3) is 0 Å². The number of halogens is 3. The van der Waals surface area contributed by atoms with Crippen molar-refractivity contribution in [2.24, 2.45) is 44.8 Å². The molecule has 0 aromatic heterocycles. The predicted octanol–water partition coefficient (Wildman–Crippen LogP) is 6.64. The number of nitrogens with one attached hydrogen (secondary N) is 2. The third-order valence-corrected chi connectivity index (χ3v) is 15.3. The van der Waals surface area contributed by atoms with Crippen molar-refractivity contribution in [1.29, 1.82) is 0 Å². The van der Waals surface area contributed by atoms with Crippen molar-refractivity contribution in [3.8, 4) is 0 Å². The van der Waals surface area contributed by atoms with Gasteiger partial charge in [-0.15, -0.1) is 0 Å². The number of carboxylic acids is 1. The first kappa shape index (κ1) is 37.6. The van der Waals surface area contributed by atoms with Gasteiger partial charge in [-0.25, -0.2) is 9.52 Å². The highest BCUT2D eigenvalue weighted by Gasteiger charge is 2.70. The predicted molar refractivity (Wildman–Crippen MR) is 173 cm³/mol. The average molecular weight is 717 g/mol. The number of ketones is 1. The van der Waals surface area contributed by atoms with Crippen LogP contribution in [0.2, 0.25) is 0 Å². The Labute approximate surface area is 286 Å². The molecule has 10 nitrogen and oxygen atoms in total. The van der Waals surface area contributed by atoms with Crippen LogP contribution in [0, 0.1) is 44.8 Å². The molecule has 0 saturated heterocycles. The van der Waals surface area contributed by atoms with Crippen molar-refractivity contribution >= 4 is 33.8 Å². The van der Waals surface area contributed by atoms with Gasteiger partial charge in [0.2, 0.25) is 0 Å². The van der Waals surface area contributed by atoms with Gasteiger partial charge in [0.25, 0.3) is 0 Å². The third-order valence-electron chi connectivity index (χ3n) is 14.3. The highest BCUT2D eigenvalue weighted by molar-refractivity contribution is 7.90. The number of carbonyl (C=O) groups is 4. The summed E-state index contributed by atoms with van der Waals surface area (Å²) in [7, 11) is -5.87. The smallest absolute Gasteiger partial charge is 0.481 e. The van der Waals surface area contributed by atoms with E-state index in [2.05, 4.69) is 46.9 Å². The van der Waals surface area contributed by atoms with Crippen LogP contribution < -0.4 is 10.0 Å². The van der Waals surface area contributed by atoms with E-state index in [1.54, 1.807) is 6.92 Å². The van der Waals surface area contributed by atoms with Crippen LogP contribution in [0.4, 0.5) is 18.0 Å². The molecule has 0 heterocycles. The van der Waals surface area contributed by atoms with E-state index in [-0.39, 0.29) is 47.2 Å². The third kappa shape index (κ3) is 5.99. The molecule has 3 N–H and O–H groups in total. The lowest BCUT2D eigenvalue weighted by molar-refractivity contribution is -0.210. The van der Waals surface area contributed by atoms with Crippen LogP contribution in [-0.4, -0.2) is 54.4 Å². The molecule has 0 radical (unpaired) electrons. The molecule has 2 amide bonds. The summed E-state index contributed by atoms with van der Waals surface area (Å²) in [6, 6.07) is -1.43. The van der Waals surface area contributed by atoms with E-state index in [9.17, 15) is 40.8 Å². The Bertz CT molecular complexity index is 1580. The molecule has 5 aliphatic rings. The minimum Gasteiger partial charge on any atom is -0.481 e. The zero-order valence-electron chi connectivity index (χ0n) is 29.5. The molecular weight excluding hydrogens is 665 g/mol. The normalized spacial score (nSPS) is 41.5. The maximum atomic E-state index is 14.6. The number of carbonyl (C=O) groups excluding carboxylic acids is 3. The zero-order valence-corrected chi connectivity index (χ0v) is 30.3. The molecule has 9 atom stereocenters. The number of alkyl halides is 3. The molecule has 4 saturated carbocycles. The number of hydrogen-bond donors (Lipinski definition) is 3. The Kier molecular flexibility index (Phi) is 8.98. The second-order valence-corrected chi connectivity index (χ2v) is 19.2. The van der Waals surface area contributed by atoms with Crippen molar-refractivity contribution in [2.75, 3.05) is 0 Å². The van der Waals surface area contributed by atoms with Crippen molar-refractivity contribution in [3.63, 3.8) is 0 Å². The first-order valence-electron chi connectivity index (χ1n) is 17.3. The largest absolute Gasteiger partial charge is 0.516 e. The molecule has 0 bridgehead atoms. The van der Waals surface area contributed by atoms with Crippen LogP contribution in [0.5, 0.6) is 0 Å². The number of amides is 2. The van der Waals surface area contributed by atoms with Gasteiger partial charge < -0.3 is 15.2 Å². The highest BCUT2D eigenvalue weighted by Crippen LogP contribution is 2.75. The van der Waals surface area contributed by atoms with Crippen molar-refractivity contribution < 1.29 is 50.6 Å². The van der Waals surface area contributed by atoms with Crippen LogP contribution in [-0.2, 0) is 29.1 Å². The molecule has 0 spiro atoms. The highest BCUT2D eigenvalue weighted by atomic mass is 32.2. The Hall–Kier alpha value is -2.64. The number of carboxylic acid groups (broad SMARTS) is 1. The van der Waals surface area contributed by atoms with Gasteiger partial charge in [-0.1, -0.05) is 47.1 Å². The van der Waals surface area contributed by atoms with E-state index in [0.717, 1.165) is 36.0 Å². The topological polar surface area (TPSA) is 156 Å². The number of sulfonamides is 1. The summed E-state index contributed by atoms with van der Waals surface area (Å²) in [6.07, 6.45) is 6.89. The molecule has 14 heteroatoms. The van der Waals surface area contributed by atoms with Gasteiger partial charge in [0.05, 0.1) is 12.8 Å². The Morgan fingerprint density at radius 2 is 1.57 bits per heavy atom. The summed E-state index contributed by atoms with van der Waals surface area (Å²) < 4.78 is 69.1. The SMILES string of the molecule is CC1(C)[C@@H](OC(=O)CCC(=O)O)CC[C@]2(C)[C@H]3C(=O)C=C4[C@@H]5C[C@@](C)(NC(=O)NS(=O)(=O)C(F)(F)F)CC[C@]5(C)CC[C@@]4(C)[C@]3(C)CC[C@@H]12. The molecule has 0 aliphatic heterocycles. The van der Waals surface area contributed by atoms with Crippen molar-refractivity contribution in [3.05, 3.63) is 11.6 Å². The van der Waals surface area contributed by atoms with E-state index in [1.807, 2.05) is 6.08 Å². The Balaban J connectivity index is 1.43.